The monoisotopic (exact) mass is 377 g/mol. The molecule has 0 saturated heterocycles. The van der Waals surface area contributed by atoms with Gasteiger partial charge in [0.15, 0.2) is 5.78 Å². The van der Waals surface area contributed by atoms with Gasteiger partial charge in [-0.25, -0.2) is 4.79 Å². The van der Waals surface area contributed by atoms with Gasteiger partial charge < -0.3 is 14.4 Å². The summed E-state index contributed by atoms with van der Waals surface area (Å²) in [5.74, 6) is -2.46. The van der Waals surface area contributed by atoms with E-state index < -0.39 is 24.0 Å². The van der Waals surface area contributed by atoms with E-state index in [1.807, 2.05) is 54.7 Å². The molecule has 0 bridgehead atoms. The third-order valence-electron chi connectivity index (χ3n) is 4.35. The predicted octanol–water partition coefficient (Wildman–Crippen LogP) is 3.32. The average molecular weight is 377 g/mol. The molecule has 2 aromatic carbocycles. The molecule has 3 rings (SSSR count). The SMILES string of the molecule is COc1ccc(Cn2cc(/C=C/C(=O)CC(=O)C(=O)O)c3ccccc32)cc1. The molecule has 3 aromatic rings. The van der Waals surface area contributed by atoms with Gasteiger partial charge in [-0.15, -0.1) is 0 Å². The molecule has 0 aliphatic heterocycles. The van der Waals surface area contributed by atoms with Crippen LogP contribution in [0.3, 0.4) is 0 Å². The number of ketones is 2. The summed E-state index contributed by atoms with van der Waals surface area (Å²) in [4.78, 5) is 33.6. The maximum atomic E-state index is 11.8. The van der Waals surface area contributed by atoms with E-state index >= 15 is 0 Å². The maximum Gasteiger partial charge on any atom is 0.372 e. The number of carbonyl (C=O) groups excluding carboxylic acids is 2. The van der Waals surface area contributed by atoms with E-state index in [2.05, 4.69) is 4.57 Å². The van der Waals surface area contributed by atoms with Crippen LogP contribution in [0, 0.1) is 0 Å². The molecule has 0 saturated carbocycles. The van der Waals surface area contributed by atoms with Gasteiger partial charge in [0, 0.05) is 29.2 Å². The molecule has 1 N–H and O–H groups in total. The number of methoxy groups -OCH3 is 1. The molecule has 0 radical (unpaired) electrons. The standard InChI is InChI=1S/C22H19NO5/c1-28-18-10-6-15(7-11-18)13-23-14-16(19-4-2-3-5-20(19)23)8-9-17(24)12-21(25)22(26)27/h2-11,14H,12-13H2,1H3,(H,26,27)/b9-8+. The van der Waals surface area contributed by atoms with Crippen molar-refractivity contribution in [3.63, 3.8) is 0 Å². The number of para-hydroxylation sites is 1. The van der Waals surface area contributed by atoms with E-state index in [4.69, 9.17) is 9.84 Å². The molecule has 1 heterocycles. The smallest absolute Gasteiger partial charge is 0.372 e. The highest BCUT2D eigenvalue weighted by Gasteiger charge is 2.15. The number of allylic oxidation sites excluding steroid dienone is 1. The molecule has 0 spiro atoms. The van der Waals surface area contributed by atoms with Gasteiger partial charge in [-0.2, -0.15) is 0 Å². The van der Waals surface area contributed by atoms with E-state index in [1.165, 1.54) is 6.08 Å². The number of benzene rings is 2. The minimum absolute atomic E-state index is 0.542. The van der Waals surface area contributed by atoms with E-state index in [9.17, 15) is 14.4 Å². The lowest BCUT2D eigenvalue weighted by Crippen LogP contribution is -2.15. The fraction of sp³-hybridized carbons (Fsp3) is 0.136. The lowest BCUT2D eigenvalue weighted by Gasteiger charge is -2.06. The Labute approximate surface area is 161 Å². The molecule has 6 heteroatoms. The van der Waals surface area contributed by atoms with Crippen molar-refractivity contribution >= 4 is 34.5 Å². The number of hydrogen-bond donors (Lipinski definition) is 1. The molecule has 0 amide bonds. The van der Waals surface area contributed by atoms with Crippen molar-refractivity contribution in [3.8, 4) is 5.75 Å². The van der Waals surface area contributed by atoms with Crippen LogP contribution in [0.25, 0.3) is 17.0 Å². The van der Waals surface area contributed by atoms with Gasteiger partial charge in [0.25, 0.3) is 0 Å². The first-order chi connectivity index (χ1) is 13.5. The zero-order chi connectivity index (χ0) is 20.1. The van der Waals surface area contributed by atoms with Crippen LogP contribution in [0.1, 0.15) is 17.5 Å². The summed E-state index contributed by atoms with van der Waals surface area (Å²) >= 11 is 0. The summed E-state index contributed by atoms with van der Waals surface area (Å²) in [7, 11) is 1.62. The summed E-state index contributed by atoms with van der Waals surface area (Å²) in [5.41, 5.74) is 2.92. The second kappa shape index (κ2) is 8.35. The molecule has 0 atom stereocenters. The van der Waals surface area contributed by atoms with Crippen LogP contribution in [-0.4, -0.2) is 34.3 Å². The highest BCUT2D eigenvalue weighted by Crippen LogP contribution is 2.24. The predicted molar refractivity (Wildman–Crippen MR) is 105 cm³/mol. The fourth-order valence-corrected chi connectivity index (χ4v) is 2.94. The first kappa shape index (κ1) is 19.1. The van der Waals surface area contributed by atoms with E-state index in [-0.39, 0.29) is 0 Å². The molecule has 0 unspecified atom stereocenters. The molecular weight excluding hydrogens is 358 g/mol. The second-order valence-corrected chi connectivity index (χ2v) is 6.28. The summed E-state index contributed by atoms with van der Waals surface area (Å²) in [5, 5.41) is 9.56. The first-order valence-electron chi connectivity index (χ1n) is 8.66. The molecule has 142 valence electrons. The number of Topliss-reactive ketones (excluding diaryl/α,β-unsaturated/α-hetero) is 1. The molecule has 28 heavy (non-hydrogen) atoms. The van der Waals surface area contributed by atoms with Crippen molar-refractivity contribution in [1.29, 1.82) is 0 Å². The van der Waals surface area contributed by atoms with Gasteiger partial charge in [-0.1, -0.05) is 30.3 Å². The van der Waals surface area contributed by atoms with E-state index in [0.717, 1.165) is 27.8 Å². The Morgan fingerprint density at radius 2 is 1.79 bits per heavy atom. The third-order valence-corrected chi connectivity index (χ3v) is 4.35. The summed E-state index contributed by atoms with van der Waals surface area (Å²) < 4.78 is 7.25. The van der Waals surface area contributed by atoms with Crippen molar-refractivity contribution < 1.29 is 24.2 Å². The van der Waals surface area contributed by atoms with Crippen LogP contribution in [0.2, 0.25) is 0 Å². The lowest BCUT2D eigenvalue weighted by atomic mass is 10.1. The number of fused-ring (bicyclic) bond motifs is 1. The Bertz CT molecular complexity index is 1060. The van der Waals surface area contributed by atoms with Crippen LogP contribution < -0.4 is 4.74 Å². The topological polar surface area (TPSA) is 85.6 Å². The molecular formula is C22H19NO5. The Balaban J connectivity index is 1.85. The molecule has 0 aliphatic rings. The Hall–Kier alpha value is -3.67. The maximum absolute atomic E-state index is 11.8. The highest BCUT2D eigenvalue weighted by atomic mass is 16.5. The van der Waals surface area contributed by atoms with Gasteiger partial charge in [0.05, 0.1) is 13.5 Å². The van der Waals surface area contributed by atoms with Gasteiger partial charge in [0.1, 0.15) is 5.75 Å². The first-order valence-corrected chi connectivity index (χ1v) is 8.66. The minimum Gasteiger partial charge on any atom is -0.497 e. The van der Waals surface area contributed by atoms with Crippen molar-refractivity contribution in [2.75, 3.05) is 7.11 Å². The molecule has 0 fully saturated rings. The van der Waals surface area contributed by atoms with Crippen LogP contribution in [-0.2, 0) is 20.9 Å². The van der Waals surface area contributed by atoms with Crippen LogP contribution in [0.15, 0.2) is 60.8 Å². The average Bonchev–Trinajstić information content (AvgIpc) is 3.04. The van der Waals surface area contributed by atoms with Crippen molar-refractivity contribution in [2.24, 2.45) is 0 Å². The number of nitrogens with zero attached hydrogens (tertiary/aromatic N) is 1. The number of hydrogen-bond acceptors (Lipinski definition) is 4. The van der Waals surface area contributed by atoms with Gasteiger partial charge in [0.2, 0.25) is 5.78 Å². The molecule has 6 nitrogen and oxygen atoms in total. The van der Waals surface area contributed by atoms with E-state index in [1.54, 1.807) is 13.2 Å². The molecule has 0 aliphatic carbocycles. The van der Waals surface area contributed by atoms with Crippen molar-refractivity contribution in [3.05, 3.63) is 71.9 Å². The summed E-state index contributed by atoms with van der Waals surface area (Å²) in [6.07, 6.45) is 4.15. The second-order valence-electron chi connectivity index (χ2n) is 6.28. The summed E-state index contributed by atoms with van der Waals surface area (Å²) in [6, 6.07) is 15.6. The Morgan fingerprint density at radius 3 is 2.46 bits per heavy atom. The summed E-state index contributed by atoms with van der Waals surface area (Å²) in [6.45, 7) is 0.643. The third kappa shape index (κ3) is 4.35. The van der Waals surface area contributed by atoms with Crippen LogP contribution >= 0.6 is 0 Å². The number of carboxylic acid groups (broad SMARTS) is 1. The number of carboxylic acids is 1. The van der Waals surface area contributed by atoms with Crippen LogP contribution in [0.5, 0.6) is 5.75 Å². The lowest BCUT2D eigenvalue weighted by molar-refractivity contribution is -0.149. The number of ether oxygens (including phenoxy) is 1. The fourth-order valence-electron chi connectivity index (χ4n) is 2.94. The van der Waals surface area contributed by atoms with Gasteiger partial charge in [-0.05, 0) is 35.9 Å². The zero-order valence-electron chi connectivity index (χ0n) is 15.3. The number of aromatic nitrogens is 1. The normalized spacial score (nSPS) is 11.0. The van der Waals surface area contributed by atoms with E-state index in [0.29, 0.717) is 6.54 Å². The van der Waals surface area contributed by atoms with Crippen LogP contribution in [0.4, 0.5) is 0 Å². The molecule has 1 aromatic heterocycles. The zero-order valence-corrected chi connectivity index (χ0v) is 15.3. The van der Waals surface area contributed by atoms with Gasteiger partial charge >= 0.3 is 5.97 Å². The quantitative estimate of drug-likeness (QED) is 0.370. The number of carbonyl (C=O) groups is 3. The van der Waals surface area contributed by atoms with Crippen molar-refractivity contribution in [1.82, 2.24) is 4.57 Å². The van der Waals surface area contributed by atoms with Gasteiger partial charge in [-0.3, -0.25) is 9.59 Å². The highest BCUT2D eigenvalue weighted by molar-refractivity contribution is 6.37. The van der Waals surface area contributed by atoms with Crippen molar-refractivity contribution in [2.45, 2.75) is 13.0 Å². The largest absolute Gasteiger partial charge is 0.497 e. The number of rotatable bonds is 8. The Kier molecular flexibility index (Phi) is 5.69. The number of aliphatic carboxylic acids is 1. The minimum atomic E-state index is -1.60. The Morgan fingerprint density at radius 1 is 1.07 bits per heavy atom.